The number of rotatable bonds is 7. The maximum atomic E-state index is 13.7. The second-order valence-electron chi connectivity index (χ2n) is 11.4. The van der Waals surface area contributed by atoms with Gasteiger partial charge in [0, 0.05) is 25.7 Å². The highest BCUT2D eigenvalue weighted by Gasteiger charge is 2.34. The van der Waals surface area contributed by atoms with E-state index in [0.29, 0.717) is 44.6 Å². The van der Waals surface area contributed by atoms with Gasteiger partial charge in [0.15, 0.2) is 0 Å². The molecule has 0 spiro atoms. The van der Waals surface area contributed by atoms with Gasteiger partial charge < -0.3 is 30.9 Å². The molecule has 2 heterocycles. The van der Waals surface area contributed by atoms with E-state index in [-0.39, 0.29) is 30.8 Å². The van der Waals surface area contributed by atoms with Gasteiger partial charge in [-0.25, -0.2) is 0 Å². The molecule has 0 bridgehead atoms. The molecule has 11 nitrogen and oxygen atoms in total. The number of carbonyl (C=O) groups excluding carboxylic acids is 5. The zero-order valence-corrected chi connectivity index (χ0v) is 25.8. The van der Waals surface area contributed by atoms with Gasteiger partial charge in [0.2, 0.25) is 29.5 Å². The maximum absolute atomic E-state index is 13.7. The van der Waals surface area contributed by atoms with Crippen LogP contribution >= 0.6 is 11.8 Å². The predicted octanol–water partition coefficient (Wildman–Crippen LogP) is 0.866. The molecule has 12 heteroatoms. The molecule has 0 radical (unpaired) electrons. The summed E-state index contributed by atoms with van der Waals surface area (Å²) >= 11 is 1.54. The van der Waals surface area contributed by atoms with Crippen LogP contribution in [0, 0.1) is 11.8 Å². The highest BCUT2D eigenvalue weighted by molar-refractivity contribution is 7.98. The first-order valence-corrected chi connectivity index (χ1v) is 16.1. The van der Waals surface area contributed by atoms with Gasteiger partial charge in [-0.1, -0.05) is 44.2 Å². The van der Waals surface area contributed by atoms with E-state index in [1.54, 1.807) is 20.8 Å². The van der Waals surface area contributed by atoms with Crippen LogP contribution in [0.1, 0.15) is 45.6 Å². The molecule has 1 aromatic carbocycles. The normalized spacial score (nSPS) is 25.5. The van der Waals surface area contributed by atoms with Gasteiger partial charge in [-0.2, -0.15) is 11.8 Å². The summed E-state index contributed by atoms with van der Waals surface area (Å²) in [6.45, 7) is 5.94. The molecule has 0 saturated carbocycles. The Morgan fingerprint density at radius 2 is 1.67 bits per heavy atom. The van der Waals surface area contributed by atoms with E-state index in [2.05, 4.69) is 21.3 Å². The maximum Gasteiger partial charge on any atom is 0.243 e. The third-order valence-corrected chi connectivity index (χ3v) is 8.23. The molecule has 232 valence electrons. The molecule has 2 aliphatic rings. The standard InChI is InChI=1S/C30H45N5O6S/c1-19(2)26-29(39)33-24(12-15-42-4)28(38)31-20(3)27(37)32-23(16-21-8-6-5-7-9-21)17-35(18-25(36)34-26)30(40)22-10-13-41-14-11-22/h5-9,19-20,22-24,26H,10-18H2,1-4H3,(H,31,38)(H,32,37)(H,33,39)(H,34,36)/t20-,23+,24-,26-/m0/s1. The van der Waals surface area contributed by atoms with Crippen molar-refractivity contribution in [2.24, 2.45) is 11.8 Å². The van der Waals surface area contributed by atoms with E-state index in [1.807, 2.05) is 36.6 Å². The SMILES string of the molecule is CSCC[C@@H]1NC(=O)[C@H](C(C)C)NC(=O)CN(C(=O)C2CCOCC2)C[C@@H](Cc2ccccc2)NC(=O)[C@H](C)NC1=O. The molecule has 1 aromatic rings. The average molecular weight is 604 g/mol. The molecule has 4 N–H and O–H groups in total. The Labute approximate surface area is 252 Å². The van der Waals surface area contributed by atoms with Gasteiger partial charge >= 0.3 is 0 Å². The van der Waals surface area contributed by atoms with Crippen LogP contribution in [0.5, 0.6) is 0 Å². The zero-order chi connectivity index (χ0) is 30.6. The first kappa shape index (κ1) is 33.4. The fourth-order valence-electron chi connectivity index (χ4n) is 5.16. The second-order valence-corrected chi connectivity index (χ2v) is 12.3. The molecule has 0 aromatic heterocycles. The lowest BCUT2D eigenvalue weighted by Crippen LogP contribution is -2.57. The molecule has 0 aliphatic carbocycles. The van der Waals surface area contributed by atoms with E-state index < -0.39 is 47.8 Å². The number of benzene rings is 1. The lowest BCUT2D eigenvalue weighted by Gasteiger charge is -2.33. The van der Waals surface area contributed by atoms with Crippen molar-refractivity contribution in [2.75, 3.05) is 38.3 Å². The fourth-order valence-corrected chi connectivity index (χ4v) is 5.63. The molecule has 0 unspecified atom stereocenters. The Morgan fingerprint density at radius 3 is 2.31 bits per heavy atom. The Kier molecular flexibility index (Phi) is 13.1. The average Bonchev–Trinajstić information content (AvgIpc) is 2.97. The minimum absolute atomic E-state index is 0.0831. The lowest BCUT2D eigenvalue weighted by atomic mass is 9.97. The molecule has 5 amide bonds. The third kappa shape index (κ3) is 10.0. The van der Waals surface area contributed by atoms with E-state index in [0.717, 1.165) is 5.56 Å². The van der Waals surface area contributed by atoms with Crippen molar-refractivity contribution in [3.63, 3.8) is 0 Å². The lowest BCUT2D eigenvalue weighted by molar-refractivity contribution is -0.143. The molecule has 42 heavy (non-hydrogen) atoms. The summed E-state index contributed by atoms with van der Waals surface area (Å²) in [6, 6.07) is 6.35. The van der Waals surface area contributed by atoms with Crippen molar-refractivity contribution in [3.05, 3.63) is 35.9 Å². The smallest absolute Gasteiger partial charge is 0.243 e. The number of thioether (sulfide) groups is 1. The summed E-state index contributed by atoms with van der Waals surface area (Å²) in [5.74, 6) is -2.02. The van der Waals surface area contributed by atoms with Crippen LogP contribution in [0.2, 0.25) is 0 Å². The van der Waals surface area contributed by atoms with E-state index in [9.17, 15) is 24.0 Å². The molecule has 2 saturated heterocycles. The van der Waals surface area contributed by atoms with Crippen LogP contribution in [-0.2, 0) is 35.1 Å². The highest BCUT2D eigenvalue weighted by Crippen LogP contribution is 2.19. The van der Waals surface area contributed by atoms with Crippen LogP contribution in [0.15, 0.2) is 30.3 Å². The van der Waals surface area contributed by atoms with Crippen LogP contribution in [0.4, 0.5) is 0 Å². The van der Waals surface area contributed by atoms with E-state index >= 15 is 0 Å². The number of carbonyl (C=O) groups is 5. The Bertz CT molecular complexity index is 1080. The van der Waals surface area contributed by atoms with Crippen LogP contribution in [-0.4, -0.2) is 96.9 Å². The van der Waals surface area contributed by atoms with Crippen LogP contribution < -0.4 is 21.3 Å². The number of nitrogens with one attached hydrogen (secondary N) is 4. The monoisotopic (exact) mass is 603 g/mol. The minimum Gasteiger partial charge on any atom is -0.381 e. The fraction of sp³-hybridized carbons (Fsp3) is 0.633. The first-order chi connectivity index (χ1) is 20.1. The van der Waals surface area contributed by atoms with Gasteiger partial charge in [0.25, 0.3) is 0 Å². The van der Waals surface area contributed by atoms with Crippen molar-refractivity contribution >= 4 is 41.3 Å². The van der Waals surface area contributed by atoms with Gasteiger partial charge in [-0.3, -0.25) is 24.0 Å². The quantitative estimate of drug-likeness (QED) is 0.362. The number of nitrogens with zero attached hydrogens (tertiary/aromatic N) is 1. The Hall–Kier alpha value is -3.12. The van der Waals surface area contributed by atoms with Crippen molar-refractivity contribution in [1.82, 2.24) is 26.2 Å². The van der Waals surface area contributed by atoms with Crippen molar-refractivity contribution in [3.8, 4) is 0 Å². The number of hydrogen-bond donors (Lipinski definition) is 4. The summed E-state index contributed by atoms with van der Waals surface area (Å²) in [4.78, 5) is 68.5. The molecule has 3 rings (SSSR count). The number of amides is 5. The topological polar surface area (TPSA) is 146 Å². The molecule has 2 fully saturated rings. The van der Waals surface area contributed by atoms with Crippen molar-refractivity contribution in [2.45, 2.75) is 70.6 Å². The van der Waals surface area contributed by atoms with E-state index in [1.165, 1.54) is 16.7 Å². The van der Waals surface area contributed by atoms with Gasteiger partial charge in [0.1, 0.15) is 18.1 Å². The summed E-state index contributed by atoms with van der Waals surface area (Å²) in [7, 11) is 0. The minimum atomic E-state index is -0.912. The third-order valence-electron chi connectivity index (χ3n) is 7.59. The first-order valence-electron chi connectivity index (χ1n) is 14.7. The summed E-state index contributed by atoms with van der Waals surface area (Å²) in [6.07, 6.45) is 3.77. The molecular weight excluding hydrogens is 558 g/mol. The second kappa shape index (κ2) is 16.5. The Morgan fingerprint density at radius 1 is 0.976 bits per heavy atom. The molecular formula is C30H45N5O6S. The Balaban J connectivity index is 1.96. The number of hydrogen-bond acceptors (Lipinski definition) is 7. The molecule has 2 aliphatic heterocycles. The van der Waals surface area contributed by atoms with Gasteiger partial charge in [-0.05, 0) is 56.1 Å². The van der Waals surface area contributed by atoms with Gasteiger partial charge in [-0.15, -0.1) is 0 Å². The van der Waals surface area contributed by atoms with Crippen molar-refractivity contribution < 1.29 is 28.7 Å². The van der Waals surface area contributed by atoms with Crippen LogP contribution in [0.3, 0.4) is 0 Å². The van der Waals surface area contributed by atoms with Crippen molar-refractivity contribution in [1.29, 1.82) is 0 Å². The summed E-state index contributed by atoms with van der Waals surface area (Å²) in [5.41, 5.74) is 0.951. The van der Waals surface area contributed by atoms with Crippen LogP contribution in [0.25, 0.3) is 0 Å². The summed E-state index contributed by atoms with van der Waals surface area (Å²) < 4.78 is 5.44. The zero-order valence-electron chi connectivity index (χ0n) is 25.0. The number of ether oxygens (including phenoxy) is 1. The summed E-state index contributed by atoms with van der Waals surface area (Å²) in [5, 5.41) is 11.3. The molecule has 4 atom stereocenters. The highest BCUT2D eigenvalue weighted by atomic mass is 32.2. The van der Waals surface area contributed by atoms with E-state index in [4.69, 9.17) is 4.74 Å². The predicted molar refractivity (Wildman–Crippen MR) is 162 cm³/mol. The van der Waals surface area contributed by atoms with Gasteiger partial charge in [0.05, 0.1) is 12.6 Å². The largest absolute Gasteiger partial charge is 0.381 e.